The molecule has 0 spiro atoms. The molecule has 1 fully saturated rings. The van der Waals surface area contributed by atoms with Crippen LogP contribution in [0.3, 0.4) is 0 Å². The first-order valence-corrected chi connectivity index (χ1v) is 6.58. The number of ether oxygens (including phenoxy) is 2. The third-order valence-electron chi connectivity index (χ3n) is 2.52. The van der Waals surface area contributed by atoms with Gasteiger partial charge in [-0.25, -0.2) is 0 Å². The van der Waals surface area contributed by atoms with Gasteiger partial charge in [0.1, 0.15) is 11.9 Å². The average Bonchev–Trinajstić information content (AvgIpc) is 2.27. The van der Waals surface area contributed by atoms with Gasteiger partial charge < -0.3 is 9.47 Å². The number of benzene rings is 1. The van der Waals surface area contributed by atoms with E-state index in [-0.39, 0.29) is 6.10 Å². The lowest BCUT2D eigenvalue weighted by atomic mass is 10.0. The van der Waals surface area contributed by atoms with Gasteiger partial charge in [-0.1, -0.05) is 45.4 Å². The second-order valence-electron chi connectivity index (χ2n) is 4.12. The van der Waals surface area contributed by atoms with Crippen LogP contribution in [0.1, 0.15) is 39.2 Å². The summed E-state index contributed by atoms with van der Waals surface area (Å²) in [5.74, 6) is 1.25. The fourth-order valence-electron chi connectivity index (χ4n) is 1.43. The Morgan fingerprint density at radius 1 is 1.29 bits per heavy atom. The van der Waals surface area contributed by atoms with E-state index in [0.29, 0.717) is 24.2 Å². The number of hydrogen-bond acceptors (Lipinski definition) is 2. The third-order valence-corrected chi connectivity index (χ3v) is 2.82. The largest absolute Gasteiger partial charge is 0.484 e. The SMILES string of the molecule is CC.CC(C)c1ccc(OC2COC2)c(Cl)c1. The summed E-state index contributed by atoms with van der Waals surface area (Å²) in [5.41, 5.74) is 1.23. The Labute approximate surface area is 109 Å². The second-order valence-corrected chi connectivity index (χ2v) is 4.53. The Hall–Kier alpha value is -0.730. The predicted molar refractivity (Wildman–Crippen MR) is 72.1 cm³/mol. The normalized spacial score (nSPS) is 14.9. The molecule has 1 saturated heterocycles. The summed E-state index contributed by atoms with van der Waals surface area (Å²) in [4.78, 5) is 0. The summed E-state index contributed by atoms with van der Waals surface area (Å²) >= 11 is 6.13. The molecule has 0 N–H and O–H groups in total. The molecular formula is C14H21ClO2. The van der Waals surface area contributed by atoms with Crippen LogP contribution in [0.25, 0.3) is 0 Å². The lowest BCUT2D eigenvalue weighted by Gasteiger charge is -2.27. The molecule has 0 aromatic heterocycles. The summed E-state index contributed by atoms with van der Waals surface area (Å²) in [6, 6.07) is 5.97. The average molecular weight is 257 g/mol. The van der Waals surface area contributed by atoms with Crippen molar-refractivity contribution in [3.05, 3.63) is 28.8 Å². The van der Waals surface area contributed by atoms with Crippen LogP contribution in [0.5, 0.6) is 5.75 Å². The van der Waals surface area contributed by atoms with Gasteiger partial charge in [0.05, 0.1) is 18.2 Å². The maximum atomic E-state index is 6.13. The molecule has 3 heteroatoms. The Morgan fingerprint density at radius 3 is 2.35 bits per heavy atom. The highest BCUT2D eigenvalue weighted by Gasteiger charge is 2.21. The summed E-state index contributed by atoms with van der Waals surface area (Å²) < 4.78 is 10.7. The second kappa shape index (κ2) is 6.87. The molecule has 0 unspecified atom stereocenters. The molecule has 0 radical (unpaired) electrons. The highest BCUT2D eigenvalue weighted by molar-refractivity contribution is 6.32. The van der Waals surface area contributed by atoms with E-state index < -0.39 is 0 Å². The lowest BCUT2D eigenvalue weighted by molar-refractivity contribution is -0.0796. The molecule has 1 heterocycles. The highest BCUT2D eigenvalue weighted by atomic mass is 35.5. The Balaban J connectivity index is 0.000000686. The van der Waals surface area contributed by atoms with E-state index in [0.717, 1.165) is 5.75 Å². The van der Waals surface area contributed by atoms with Crippen molar-refractivity contribution < 1.29 is 9.47 Å². The van der Waals surface area contributed by atoms with Gasteiger partial charge in [0, 0.05) is 0 Å². The van der Waals surface area contributed by atoms with E-state index in [9.17, 15) is 0 Å². The van der Waals surface area contributed by atoms with Crippen LogP contribution < -0.4 is 4.74 Å². The molecule has 96 valence electrons. The quantitative estimate of drug-likeness (QED) is 0.804. The van der Waals surface area contributed by atoms with Crippen molar-refractivity contribution in [3.8, 4) is 5.75 Å². The van der Waals surface area contributed by atoms with Crippen molar-refractivity contribution in [2.45, 2.75) is 39.7 Å². The van der Waals surface area contributed by atoms with Crippen molar-refractivity contribution in [2.75, 3.05) is 13.2 Å². The molecule has 1 aromatic carbocycles. The van der Waals surface area contributed by atoms with Gasteiger partial charge >= 0.3 is 0 Å². The first kappa shape index (κ1) is 14.3. The molecule has 2 rings (SSSR count). The Bertz CT molecular complexity index is 346. The zero-order valence-electron chi connectivity index (χ0n) is 11.0. The van der Waals surface area contributed by atoms with E-state index in [2.05, 4.69) is 19.9 Å². The van der Waals surface area contributed by atoms with Crippen LogP contribution in [0.4, 0.5) is 0 Å². The maximum Gasteiger partial charge on any atom is 0.145 e. The molecule has 0 saturated carbocycles. The van der Waals surface area contributed by atoms with Gasteiger partial charge in [0.15, 0.2) is 0 Å². The molecule has 1 aromatic rings. The third kappa shape index (κ3) is 3.90. The molecule has 0 aliphatic carbocycles. The standard InChI is InChI=1S/C12H15ClO2.C2H6/c1-8(2)9-3-4-12(11(13)5-9)15-10-6-14-7-10;1-2/h3-5,8,10H,6-7H2,1-2H3;1-2H3. The van der Waals surface area contributed by atoms with E-state index in [1.807, 2.05) is 26.0 Å². The van der Waals surface area contributed by atoms with Crippen molar-refractivity contribution in [1.82, 2.24) is 0 Å². The number of rotatable bonds is 3. The number of hydrogen-bond donors (Lipinski definition) is 0. The molecule has 17 heavy (non-hydrogen) atoms. The molecule has 2 nitrogen and oxygen atoms in total. The minimum atomic E-state index is 0.174. The van der Waals surface area contributed by atoms with Gasteiger partial charge in [0.25, 0.3) is 0 Å². The maximum absolute atomic E-state index is 6.13. The first-order chi connectivity index (χ1) is 8.16. The van der Waals surface area contributed by atoms with Crippen LogP contribution in [0, 0.1) is 0 Å². The molecular weight excluding hydrogens is 236 g/mol. The van der Waals surface area contributed by atoms with E-state index >= 15 is 0 Å². The zero-order valence-corrected chi connectivity index (χ0v) is 11.8. The highest BCUT2D eigenvalue weighted by Crippen LogP contribution is 2.29. The fraction of sp³-hybridized carbons (Fsp3) is 0.571. The van der Waals surface area contributed by atoms with E-state index in [1.165, 1.54) is 5.56 Å². The summed E-state index contributed by atoms with van der Waals surface area (Å²) in [7, 11) is 0. The van der Waals surface area contributed by atoms with E-state index in [1.54, 1.807) is 0 Å². The minimum Gasteiger partial charge on any atom is -0.484 e. The van der Waals surface area contributed by atoms with Crippen molar-refractivity contribution in [3.63, 3.8) is 0 Å². The smallest absolute Gasteiger partial charge is 0.145 e. The molecule has 0 amide bonds. The monoisotopic (exact) mass is 256 g/mol. The van der Waals surface area contributed by atoms with E-state index in [4.69, 9.17) is 21.1 Å². The van der Waals surface area contributed by atoms with Crippen molar-refractivity contribution in [2.24, 2.45) is 0 Å². The topological polar surface area (TPSA) is 18.5 Å². The first-order valence-electron chi connectivity index (χ1n) is 6.20. The zero-order chi connectivity index (χ0) is 12.8. The van der Waals surface area contributed by atoms with Crippen LogP contribution in [-0.2, 0) is 4.74 Å². The van der Waals surface area contributed by atoms with Gasteiger partial charge in [-0.15, -0.1) is 0 Å². The molecule has 1 aliphatic heterocycles. The Morgan fingerprint density at radius 2 is 1.94 bits per heavy atom. The van der Waals surface area contributed by atoms with Gasteiger partial charge in [-0.2, -0.15) is 0 Å². The van der Waals surface area contributed by atoms with Crippen LogP contribution in [0.2, 0.25) is 5.02 Å². The van der Waals surface area contributed by atoms with Gasteiger partial charge in [-0.3, -0.25) is 0 Å². The predicted octanol–water partition coefficient (Wildman–Crippen LogP) is 4.27. The van der Waals surface area contributed by atoms with Crippen LogP contribution >= 0.6 is 11.6 Å². The fourth-order valence-corrected chi connectivity index (χ4v) is 1.67. The molecule has 0 atom stereocenters. The lowest BCUT2D eigenvalue weighted by Crippen LogP contribution is -2.38. The summed E-state index contributed by atoms with van der Waals surface area (Å²) in [6.07, 6.45) is 0.174. The Kier molecular flexibility index (Phi) is 5.79. The van der Waals surface area contributed by atoms with Crippen molar-refractivity contribution >= 4 is 11.6 Å². The van der Waals surface area contributed by atoms with Gasteiger partial charge in [0.2, 0.25) is 0 Å². The molecule has 1 aliphatic rings. The minimum absolute atomic E-state index is 0.174. The molecule has 0 bridgehead atoms. The van der Waals surface area contributed by atoms with Crippen LogP contribution in [0.15, 0.2) is 18.2 Å². The number of halogens is 1. The van der Waals surface area contributed by atoms with Crippen molar-refractivity contribution in [1.29, 1.82) is 0 Å². The van der Waals surface area contributed by atoms with Crippen LogP contribution in [-0.4, -0.2) is 19.3 Å². The summed E-state index contributed by atoms with van der Waals surface area (Å²) in [6.45, 7) is 9.63. The van der Waals surface area contributed by atoms with Gasteiger partial charge in [-0.05, 0) is 23.6 Å². The summed E-state index contributed by atoms with van der Waals surface area (Å²) in [5, 5.41) is 0.688.